The summed E-state index contributed by atoms with van der Waals surface area (Å²) >= 11 is 0. The molecule has 0 aromatic heterocycles. The number of nitrogens with one attached hydrogen (secondary N) is 1. The van der Waals surface area contributed by atoms with Gasteiger partial charge in [-0.2, -0.15) is 0 Å². The monoisotopic (exact) mass is 167 g/mol. The summed E-state index contributed by atoms with van der Waals surface area (Å²) in [5.41, 5.74) is 0. The molecule has 2 aliphatic carbocycles. The molecule has 0 atom stereocenters. The first-order chi connectivity index (χ1) is 5.95. The van der Waals surface area contributed by atoms with E-state index in [1.165, 1.54) is 57.8 Å². The van der Waals surface area contributed by atoms with Gasteiger partial charge in [0.2, 0.25) is 0 Å². The summed E-state index contributed by atoms with van der Waals surface area (Å²) in [6.45, 7) is 0. The Hall–Kier alpha value is -0.0400. The molecule has 0 radical (unpaired) electrons. The van der Waals surface area contributed by atoms with Crippen molar-refractivity contribution >= 4 is 0 Å². The van der Waals surface area contributed by atoms with E-state index in [2.05, 4.69) is 5.32 Å². The van der Waals surface area contributed by atoms with Crippen LogP contribution in [0.2, 0.25) is 0 Å². The van der Waals surface area contributed by atoms with Crippen LogP contribution in [0.1, 0.15) is 57.8 Å². The molecule has 0 amide bonds. The quantitative estimate of drug-likeness (QED) is 0.624. The van der Waals surface area contributed by atoms with Crippen LogP contribution in [0.25, 0.3) is 0 Å². The zero-order valence-corrected chi connectivity index (χ0v) is 8.02. The van der Waals surface area contributed by atoms with Gasteiger partial charge in [-0.15, -0.1) is 0 Å². The van der Waals surface area contributed by atoms with E-state index < -0.39 is 0 Å². The van der Waals surface area contributed by atoms with Crippen LogP contribution in [0.15, 0.2) is 0 Å². The molecule has 1 nitrogen and oxygen atoms in total. The zero-order chi connectivity index (χ0) is 8.23. The molecule has 2 aliphatic rings. The van der Waals surface area contributed by atoms with Crippen molar-refractivity contribution in [3.05, 3.63) is 0 Å². The molecular formula is C11H21N. The summed E-state index contributed by atoms with van der Waals surface area (Å²) in [7, 11) is 0. The third-order valence-electron chi connectivity index (χ3n) is 3.43. The Labute approximate surface area is 75.9 Å². The Morgan fingerprint density at radius 2 is 1.08 bits per heavy atom. The van der Waals surface area contributed by atoms with Crippen molar-refractivity contribution in [1.82, 2.24) is 5.32 Å². The first-order valence-electron chi connectivity index (χ1n) is 5.71. The van der Waals surface area contributed by atoms with Crippen molar-refractivity contribution in [2.24, 2.45) is 0 Å². The molecule has 0 aliphatic heterocycles. The lowest BCUT2D eigenvalue weighted by molar-refractivity contribution is 0.290. The zero-order valence-electron chi connectivity index (χ0n) is 8.02. The van der Waals surface area contributed by atoms with Crippen LogP contribution in [0.3, 0.4) is 0 Å². The van der Waals surface area contributed by atoms with Crippen LogP contribution in [0, 0.1) is 0 Å². The minimum Gasteiger partial charge on any atom is -0.311 e. The lowest BCUT2D eigenvalue weighted by Crippen LogP contribution is -2.42. The minimum atomic E-state index is 0.873. The van der Waals surface area contributed by atoms with Gasteiger partial charge in [0.05, 0.1) is 0 Å². The van der Waals surface area contributed by atoms with E-state index in [1.807, 2.05) is 0 Å². The number of rotatable bonds is 2. The van der Waals surface area contributed by atoms with E-state index in [0.29, 0.717) is 0 Å². The molecule has 0 unspecified atom stereocenters. The minimum absolute atomic E-state index is 0.873. The summed E-state index contributed by atoms with van der Waals surface area (Å²) < 4.78 is 0. The molecule has 0 heterocycles. The van der Waals surface area contributed by atoms with Gasteiger partial charge in [0.25, 0.3) is 0 Å². The molecular weight excluding hydrogens is 146 g/mol. The third-order valence-corrected chi connectivity index (χ3v) is 3.43. The molecule has 0 aromatic carbocycles. The summed E-state index contributed by atoms with van der Waals surface area (Å²) in [6, 6.07) is 1.77. The van der Waals surface area contributed by atoms with Crippen molar-refractivity contribution in [2.75, 3.05) is 0 Å². The van der Waals surface area contributed by atoms with Crippen molar-refractivity contribution in [3.63, 3.8) is 0 Å². The average molecular weight is 167 g/mol. The van der Waals surface area contributed by atoms with Crippen molar-refractivity contribution < 1.29 is 0 Å². The van der Waals surface area contributed by atoms with Gasteiger partial charge in [0.15, 0.2) is 0 Å². The maximum absolute atomic E-state index is 3.80. The highest BCUT2D eigenvalue weighted by Gasteiger charge is 2.21. The van der Waals surface area contributed by atoms with Crippen molar-refractivity contribution in [3.8, 4) is 0 Å². The highest BCUT2D eigenvalue weighted by atomic mass is 15.0. The molecule has 0 saturated heterocycles. The lowest BCUT2D eigenvalue weighted by Gasteiger charge is -2.31. The second kappa shape index (κ2) is 4.27. The third kappa shape index (κ3) is 2.22. The van der Waals surface area contributed by atoms with E-state index >= 15 is 0 Å². The van der Waals surface area contributed by atoms with Crippen LogP contribution in [0.5, 0.6) is 0 Å². The van der Waals surface area contributed by atoms with Gasteiger partial charge in [0.1, 0.15) is 0 Å². The highest BCUT2D eigenvalue weighted by molar-refractivity contribution is 4.81. The molecule has 12 heavy (non-hydrogen) atoms. The van der Waals surface area contributed by atoms with Gasteiger partial charge >= 0.3 is 0 Å². The smallest absolute Gasteiger partial charge is 0.00696 e. The Bertz CT molecular complexity index is 121. The summed E-state index contributed by atoms with van der Waals surface area (Å²) in [5, 5.41) is 3.80. The molecule has 2 rings (SSSR count). The predicted octanol–water partition coefficient (Wildman–Crippen LogP) is 2.85. The normalized spacial score (nSPS) is 28.0. The Morgan fingerprint density at radius 3 is 1.50 bits per heavy atom. The van der Waals surface area contributed by atoms with E-state index in [0.717, 1.165) is 12.1 Å². The molecule has 0 bridgehead atoms. The Kier molecular flexibility index (Phi) is 3.04. The second-order valence-corrected chi connectivity index (χ2v) is 4.48. The average Bonchev–Trinajstić information content (AvgIpc) is 2.24. The van der Waals surface area contributed by atoms with Crippen LogP contribution >= 0.6 is 0 Å². The number of hydrogen-bond acceptors (Lipinski definition) is 1. The first kappa shape index (κ1) is 8.55. The summed E-state index contributed by atoms with van der Waals surface area (Å²) in [4.78, 5) is 0. The van der Waals surface area contributed by atoms with E-state index in [9.17, 15) is 0 Å². The van der Waals surface area contributed by atoms with Crippen molar-refractivity contribution in [1.29, 1.82) is 0 Å². The second-order valence-electron chi connectivity index (χ2n) is 4.48. The molecule has 0 aromatic rings. The van der Waals surface area contributed by atoms with Gasteiger partial charge in [-0.1, -0.05) is 32.1 Å². The van der Waals surface area contributed by atoms with Crippen molar-refractivity contribution in [2.45, 2.75) is 69.9 Å². The largest absolute Gasteiger partial charge is 0.311 e. The fraction of sp³-hybridized carbons (Fsp3) is 1.00. The molecule has 0 spiro atoms. The standard InChI is InChI=1S/C11H21N/c1-2-4-7-10(6-3-1)12-11-8-5-9-11/h10-12H,1-9H2. The van der Waals surface area contributed by atoms with E-state index in [1.54, 1.807) is 0 Å². The van der Waals surface area contributed by atoms with Gasteiger partial charge in [-0.3, -0.25) is 0 Å². The number of hydrogen-bond donors (Lipinski definition) is 1. The van der Waals surface area contributed by atoms with Gasteiger partial charge in [0, 0.05) is 12.1 Å². The maximum Gasteiger partial charge on any atom is 0.00696 e. The summed E-state index contributed by atoms with van der Waals surface area (Å²) in [5.74, 6) is 0. The van der Waals surface area contributed by atoms with Crippen LogP contribution < -0.4 is 5.32 Å². The first-order valence-corrected chi connectivity index (χ1v) is 5.71. The summed E-state index contributed by atoms with van der Waals surface area (Å²) in [6.07, 6.45) is 13.1. The van der Waals surface area contributed by atoms with Gasteiger partial charge in [-0.25, -0.2) is 0 Å². The molecule has 70 valence electrons. The Balaban J connectivity index is 1.69. The van der Waals surface area contributed by atoms with Crippen LogP contribution in [-0.2, 0) is 0 Å². The fourth-order valence-corrected chi connectivity index (χ4v) is 2.35. The molecule has 2 fully saturated rings. The molecule has 1 N–H and O–H groups in total. The fourth-order valence-electron chi connectivity index (χ4n) is 2.35. The molecule has 2 saturated carbocycles. The highest BCUT2D eigenvalue weighted by Crippen LogP contribution is 2.23. The Morgan fingerprint density at radius 1 is 0.583 bits per heavy atom. The van der Waals surface area contributed by atoms with Gasteiger partial charge < -0.3 is 5.32 Å². The van der Waals surface area contributed by atoms with Crippen LogP contribution in [0.4, 0.5) is 0 Å². The van der Waals surface area contributed by atoms with E-state index in [-0.39, 0.29) is 0 Å². The van der Waals surface area contributed by atoms with E-state index in [4.69, 9.17) is 0 Å². The van der Waals surface area contributed by atoms with Crippen LogP contribution in [-0.4, -0.2) is 12.1 Å². The van der Waals surface area contributed by atoms with Gasteiger partial charge in [-0.05, 0) is 25.7 Å². The predicted molar refractivity (Wildman–Crippen MR) is 52.3 cm³/mol. The lowest BCUT2D eigenvalue weighted by atomic mass is 9.91. The maximum atomic E-state index is 3.80. The topological polar surface area (TPSA) is 12.0 Å². The molecule has 1 heteroatoms. The SMILES string of the molecule is C1CCCC(NC2CCC2)CC1.